The van der Waals surface area contributed by atoms with Gasteiger partial charge >= 0.3 is 71.9 Å². The largest absolute Gasteiger partial charge is 0.482 e. The molecule has 893 valence electrons. The number of thioether (sulfide) groups is 8. The van der Waals surface area contributed by atoms with Crippen molar-refractivity contribution in [2.24, 2.45) is 29.6 Å². The van der Waals surface area contributed by atoms with Crippen molar-refractivity contribution in [3.63, 3.8) is 0 Å². The van der Waals surface area contributed by atoms with Crippen molar-refractivity contribution in [2.45, 2.75) is 196 Å². The van der Waals surface area contributed by atoms with Gasteiger partial charge in [0.25, 0.3) is 0 Å². The normalized spacial score (nSPS) is 19.3. The second-order valence-electron chi connectivity index (χ2n) is 37.4. The monoisotopic (exact) mass is 2440 g/mol. The Kier molecular flexibility index (Phi) is 105. The molecule has 3 rings (SSSR count). The number of rotatable bonds is 118. The zero-order valence-electron chi connectivity index (χ0n) is 94.8. The molecule has 5 atom stereocenters. The number of ether oxygens (including phenoxy) is 24. The standard InChI is InChI=1S/C99H207O35S8Si8/c1-14-17-25-103-33-41-111-49-59-122-69-77-141-85-93-149-129-145(89-81-137-73-65-119-57-51-113-43-35-105-27-19-96(6)7)126-146(100,90-82-138-74-66-120-60-52-114-44-36-106-28-20-97(8)9)130-150(134-149,94-86-142-78-70-124-62-54-116-46-38-108-30-22-99(12)13)133-148(92-84-140-76-68-123-61-53-115-45-37-107-29-21-98(10)11)128-144(88-80-136-72-64-118-56-50-112-42-34-104-26-18-95(4)5)125-143(87-79-135-71-63-117-55-47-109-39-31-101-23-15-2)127-147(131-148,132-149)91-83-139-75-67-121-58-48-110-40-32-102-24-16-3/h95-100H,14-94H2,1-13H3. The van der Waals surface area contributed by atoms with Crippen LogP contribution in [0.1, 0.15) is 148 Å². The molecule has 0 aromatic heterocycles. The summed E-state index contributed by atoms with van der Waals surface area (Å²) < 4.78 is 225. The van der Waals surface area contributed by atoms with Crippen LogP contribution < -0.4 is 0 Å². The summed E-state index contributed by atoms with van der Waals surface area (Å²) in [7, 11) is -30.2. The lowest BCUT2D eigenvalue weighted by atomic mass is 10.1. The van der Waals surface area contributed by atoms with Gasteiger partial charge in [0.05, 0.1) is 264 Å². The first kappa shape index (κ1) is 147. The molecule has 0 saturated carbocycles. The van der Waals surface area contributed by atoms with Crippen molar-refractivity contribution in [1.82, 2.24) is 0 Å². The number of hydrogen-bond donors (Lipinski definition) is 1. The molecular formula is C99H207O35S8Si8. The van der Waals surface area contributed by atoms with E-state index >= 15 is 0 Å². The maximum Gasteiger partial charge on any atom is 0.482 e. The molecule has 1 N–H and O–H groups in total. The van der Waals surface area contributed by atoms with Gasteiger partial charge in [-0.2, -0.15) is 94.1 Å². The summed E-state index contributed by atoms with van der Waals surface area (Å²) in [4.78, 5) is 14.3. The molecule has 4 bridgehead atoms. The van der Waals surface area contributed by atoms with E-state index in [1.54, 1.807) is 94.1 Å². The lowest BCUT2D eigenvalue weighted by molar-refractivity contribution is 0.0155. The molecule has 0 spiro atoms. The second kappa shape index (κ2) is 107. The smallest absolute Gasteiger partial charge is 0.414 e. The highest BCUT2D eigenvalue weighted by molar-refractivity contribution is 8.00. The zero-order valence-corrected chi connectivity index (χ0v) is 109. The van der Waals surface area contributed by atoms with Crippen LogP contribution >= 0.6 is 94.1 Å². The predicted octanol–water partition coefficient (Wildman–Crippen LogP) is 16.5. The van der Waals surface area contributed by atoms with Crippen LogP contribution in [0.5, 0.6) is 0 Å². The van der Waals surface area contributed by atoms with Gasteiger partial charge in [-0.3, -0.25) is 0 Å². The SMILES string of the molecule is CCCCOCCOCCOCCSCC[Si]12O[Si](CCSCCOCCOCCOCCC(C)C)O[Si](O)(CCSCCOCCOCCOCCC(C)C)O[Si](CCSCCOCCOCCOCCC(C)C)(O[Si]3(CCSCCOCCOCCOCCC(C)C)O[Si](CCSCCOCCOCCOCCC(C)C)O[Si](CCSCCOCCOCCOCCC)O[Si](CCSCCOCCOCCOCCC)(O3)O1)O2. The maximum absolute atomic E-state index is 14.3. The Morgan fingerprint density at radius 3 is 0.607 bits per heavy atom. The third-order valence-electron chi connectivity index (χ3n) is 21.5. The van der Waals surface area contributed by atoms with E-state index in [1.165, 1.54) is 0 Å². The summed E-state index contributed by atoms with van der Waals surface area (Å²) >= 11 is 13.8. The number of hydrogen-bond acceptors (Lipinski definition) is 43. The Bertz CT molecular complexity index is 2830. The average molecular weight is 2440 g/mol. The van der Waals surface area contributed by atoms with Crippen molar-refractivity contribution in [2.75, 3.05) is 409 Å². The first-order valence-electron chi connectivity index (χ1n) is 56.0. The van der Waals surface area contributed by atoms with E-state index in [2.05, 4.69) is 90.0 Å². The van der Waals surface area contributed by atoms with Crippen LogP contribution in [-0.4, -0.2) is 486 Å². The lowest BCUT2D eigenvalue weighted by Gasteiger charge is -2.54. The molecule has 5 unspecified atom stereocenters. The topological polar surface area (TPSA) is 334 Å². The van der Waals surface area contributed by atoms with Gasteiger partial charge in [-0.1, -0.05) is 96.4 Å². The molecule has 3 aliphatic rings. The molecule has 0 aliphatic carbocycles. The van der Waals surface area contributed by atoms with Gasteiger partial charge < -0.3 is 160 Å². The molecule has 51 heteroatoms. The van der Waals surface area contributed by atoms with Crippen molar-refractivity contribution >= 4 is 166 Å². The molecule has 0 amide bonds. The van der Waals surface area contributed by atoms with Gasteiger partial charge in [0.2, 0.25) is 0 Å². The highest BCUT2D eigenvalue weighted by Crippen LogP contribution is 2.46. The number of unbranched alkanes of at least 4 members (excludes halogenated alkanes) is 1. The Balaban J connectivity index is 2.44. The Morgan fingerprint density at radius 1 is 0.187 bits per heavy atom. The molecule has 3 radical (unpaired) electrons. The molecule has 3 saturated heterocycles. The molecule has 150 heavy (non-hydrogen) atoms. The van der Waals surface area contributed by atoms with Crippen molar-refractivity contribution in [1.29, 1.82) is 0 Å². The Morgan fingerprint density at radius 2 is 0.373 bits per heavy atom. The fourth-order valence-electron chi connectivity index (χ4n) is 13.1. The van der Waals surface area contributed by atoms with Crippen LogP contribution in [0.3, 0.4) is 0 Å². The minimum absolute atomic E-state index is 0.131. The quantitative estimate of drug-likeness (QED) is 0.0436. The van der Waals surface area contributed by atoms with E-state index in [-0.39, 0.29) is 24.2 Å². The van der Waals surface area contributed by atoms with Gasteiger partial charge in [0.15, 0.2) is 0 Å². The molecular weight excluding hydrogens is 2230 g/mol. The van der Waals surface area contributed by atoms with Crippen molar-refractivity contribution < 1.29 is 160 Å². The molecule has 3 aliphatic heterocycles. The van der Waals surface area contributed by atoms with Gasteiger partial charge in [-0.25, -0.2) is 0 Å². The molecule has 0 aromatic rings. The highest BCUT2D eigenvalue weighted by Gasteiger charge is 2.72. The van der Waals surface area contributed by atoms with Gasteiger partial charge in [-0.05, 0) is 127 Å². The Labute approximate surface area is 953 Å². The van der Waals surface area contributed by atoms with Crippen LogP contribution in [0.2, 0.25) is 48.4 Å². The molecule has 3 heterocycles. The minimum atomic E-state index is -4.66. The fraction of sp³-hybridized carbons (Fsp3) is 1.00. The maximum atomic E-state index is 14.3. The van der Waals surface area contributed by atoms with Gasteiger partial charge in [0.1, 0.15) is 0 Å². The highest BCUT2D eigenvalue weighted by atomic mass is 32.2. The third-order valence-corrected chi connectivity index (χ3v) is 61.2. The molecule has 3 fully saturated rings. The van der Waals surface area contributed by atoms with Crippen LogP contribution in [-0.2, 0) is 155 Å². The van der Waals surface area contributed by atoms with Crippen LogP contribution in [0.4, 0.5) is 0 Å². The fourth-order valence-corrected chi connectivity index (χ4v) is 61.2. The Hall–Kier alpha value is 3.14. The van der Waals surface area contributed by atoms with E-state index in [0.717, 1.165) is 76.8 Å². The first-order chi connectivity index (χ1) is 73.3. The summed E-state index contributed by atoms with van der Waals surface area (Å²) in [5, 5.41) is 0. The van der Waals surface area contributed by atoms with E-state index < -0.39 is 71.9 Å². The molecule has 35 nitrogen and oxygen atoms in total. The van der Waals surface area contributed by atoms with Crippen molar-refractivity contribution in [3.8, 4) is 0 Å². The van der Waals surface area contributed by atoms with Gasteiger partial charge in [-0.15, -0.1) is 0 Å². The van der Waals surface area contributed by atoms with Crippen LogP contribution in [0.15, 0.2) is 0 Å². The zero-order chi connectivity index (χ0) is 108. The van der Waals surface area contributed by atoms with E-state index in [0.29, 0.717) is 444 Å². The van der Waals surface area contributed by atoms with E-state index in [1.807, 2.05) is 0 Å². The third kappa shape index (κ3) is 91.3. The van der Waals surface area contributed by atoms with Gasteiger partial charge in [0, 0.05) is 147 Å². The minimum Gasteiger partial charge on any atom is -0.414 e. The number of fused-ring (bicyclic) bond motifs is 4. The van der Waals surface area contributed by atoms with Crippen molar-refractivity contribution in [3.05, 3.63) is 0 Å². The molecule has 0 aromatic carbocycles. The van der Waals surface area contributed by atoms with E-state index in [9.17, 15) is 4.80 Å². The summed E-state index contributed by atoms with van der Waals surface area (Å²) in [6.45, 7) is 53.2. The average Bonchev–Trinajstić information content (AvgIpc) is 0.725. The summed E-state index contributed by atoms with van der Waals surface area (Å²) in [6.07, 6.45) is 9.03. The van der Waals surface area contributed by atoms with Crippen LogP contribution in [0.25, 0.3) is 0 Å². The lowest BCUT2D eigenvalue weighted by Crippen LogP contribution is -2.78. The summed E-state index contributed by atoms with van der Waals surface area (Å²) in [5.41, 5.74) is 0. The van der Waals surface area contributed by atoms with E-state index in [4.69, 9.17) is 155 Å². The summed E-state index contributed by atoms with van der Waals surface area (Å²) in [5.74, 6) is 12.5. The predicted molar refractivity (Wildman–Crippen MR) is 629 cm³/mol. The van der Waals surface area contributed by atoms with Crippen LogP contribution in [0, 0.1) is 29.6 Å². The second-order valence-corrected chi connectivity index (χ2v) is 68.5. The first-order valence-corrected chi connectivity index (χ1v) is 79.6. The summed E-state index contributed by atoms with van der Waals surface area (Å²) in [6, 6.07) is 2.59.